The molecule has 1 amide bonds. The molecule has 1 aliphatic carbocycles. The molecule has 0 bridgehead atoms. The number of halogens is 1. The normalized spacial score (nSPS) is 19.5. The van der Waals surface area contributed by atoms with Crippen molar-refractivity contribution >= 4 is 27.6 Å². The van der Waals surface area contributed by atoms with Crippen molar-refractivity contribution < 1.29 is 17.6 Å². The van der Waals surface area contributed by atoms with Crippen molar-refractivity contribution in [2.75, 3.05) is 11.4 Å². The van der Waals surface area contributed by atoms with Gasteiger partial charge in [-0.2, -0.15) is 9.49 Å². The van der Waals surface area contributed by atoms with Gasteiger partial charge >= 0.3 is 0 Å². The Balaban J connectivity index is 1.41. The zero-order valence-electron chi connectivity index (χ0n) is 21.0. The molecule has 1 atom stereocenters. The minimum atomic E-state index is -3.83. The molecule has 11 nitrogen and oxygen atoms in total. The Morgan fingerprint density at radius 1 is 1.21 bits per heavy atom. The highest BCUT2D eigenvalue weighted by Crippen LogP contribution is 2.38. The first kappa shape index (κ1) is 24.3. The van der Waals surface area contributed by atoms with Crippen LogP contribution in [0.5, 0.6) is 0 Å². The Morgan fingerprint density at radius 2 is 2.00 bits per heavy atom. The number of guanidine groups is 1. The van der Waals surface area contributed by atoms with E-state index < -0.39 is 27.6 Å². The summed E-state index contributed by atoms with van der Waals surface area (Å²) in [6.07, 6.45) is 6.48. The van der Waals surface area contributed by atoms with E-state index in [2.05, 4.69) is 31.8 Å². The first-order valence-corrected chi connectivity index (χ1v) is 13.5. The van der Waals surface area contributed by atoms with Crippen molar-refractivity contribution in [3.63, 3.8) is 0 Å². The molecule has 0 saturated heterocycles. The third kappa shape index (κ3) is 4.25. The Morgan fingerprint density at radius 3 is 2.66 bits per heavy atom. The molecular weight excluding hydrogens is 511 g/mol. The van der Waals surface area contributed by atoms with Crippen molar-refractivity contribution in [3.05, 3.63) is 59.4 Å². The highest BCUT2D eigenvalue weighted by molar-refractivity contribution is 7.89. The molecule has 1 fully saturated rings. The second-order valence-electron chi connectivity index (χ2n) is 10.1. The van der Waals surface area contributed by atoms with Gasteiger partial charge in [0.2, 0.25) is 21.9 Å². The lowest BCUT2D eigenvalue weighted by Crippen LogP contribution is -2.52. The van der Waals surface area contributed by atoms with Gasteiger partial charge in [-0.1, -0.05) is 11.8 Å². The molecule has 3 aliphatic rings. The van der Waals surface area contributed by atoms with Crippen LogP contribution in [0.15, 0.2) is 46.7 Å². The molecule has 6 rings (SSSR count). The zero-order chi connectivity index (χ0) is 26.8. The van der Waals surface area contributed by atoms with E-state index in [1.165, 1.54) is 27.9 Å². The minimum Gasteiger partial charge on any atom is -0.295 e. The van der Waals surface area contributed by atoms with Crippen molar-refractivity contribution in [2.24, 2.45) is 19.1 Å². The number of aliphatic imine (C=N–C) groups is 1. The molecule has 0 radical (unpaired) electrons. The molecule has 0 unspecified atom stereocenters. The van der Waals surface area contributed by atoms with Crippen LogP contribution in [0.4, 0.5) is 10.1 Å². The molecule has 0 spiro atoms. The first-order chi connectivity index (χ1) is 18.0. The number of hydrogen-bond donors (Lipinski definition) is 1. The van der Waals surface area contributed by atoms with Crippen molar-refractivity contribution in [3.8, 4) is 11.8 Å². The van der Waals surface area contributed by atoms with Gasteiger partial charge in [-0.25, -0.2) is 18.1 Å². The van der Waals surface area contributed by atoms with Gasteiger partial charge in [-0.3, -0.25) is 24.0 Å². The SMILES string of the molecule is Cn1cc(CN2C(=O)c3cc(S(=O)(=O)NC4(C)CC4)ccc3N3C2=NC[C@H]3C#Cc2cn(C)nc2F)cn1. The second kappa shape index (κ2) is 8.50. The maximum absolute atomic E-state index is 14.1. The van der Waals surface area contributed by atoms with Crippen LogP contribution in [0.2, 0.25) is 0 Å². The van der Waals surface area contributed by atoms with E-state index in [-0.39, 0.29) is 35.0 Å². The summed E-state index contributed by atoms with van der Waals surface area (Å²) >= 11 is 0. The number of rotatable bonds is 5. The van der Waals surface area contributed by atoms with Gasteiger partial charge in [0, 0.05) is 37.6 Å². The summed E-state index contributed by atoms with van der Waals surface area (Å²) in [4.78, 5) is 21.7. The lowest BCUT2D eigenvalue weighted by atomic mass is 10.1. The Labute approximate surface area is 219 Å². The summed E-state index contributed by atoms with van der Waals surface area (Å²) in [6.45, 7) is 2.29. The van der Waals surface area contributed by atoms with Gasteiger partial charge in [0.25, 0.3) is 5.91 Å². The number of fused-ring (bicyclic) bond motifs is 3. The van der Waals surface area contributed by atoms with Gasteiger partial charge in [0.1, 0.15) is 6.04 Å². The highest BCUT2D eigenvalue weighted by atomic mass is 32.2. The highest BCUT2D eigenvalue weighted by Gasteiger charge is 2.44. The van der Waals surface area contributed by atoms with Gasteiger partial charge in [0.15, 0.2) is 0 Å². The zero-order valence-corrected chi connectivity index (χ0v) is 21.8. The number of anilines is 1. The Bertz CT molecular complexity index is 1680. The maximum atomic E-state index is 14.1. The average molecular weight is 537 g/mol. The number of sulfonamides is 1. The third-order valence-corrected chi connectivity index (χ3v) is 8.46. The van der Waals surface area contributed by atoms with Crippen LogP contribution in [0.25, 0.3) is 0 Å². The van der Waals surface area contributed by atoms with Crippen LogP contribution >= 0.6 is 0 Å². The lowest BCUT2D eigenvalue weighted by molar-refractivity contribution is 0.0833. The maximum Gasteiger partial charge on any atom is 0.263 e. The molecule has 2 aliphatic heterocycles. The summed E-state index contributed by atoms with van der Waals surface area (Å²) in [7, 11) is -0.441. The number of aryl methyl sites for hydroxylation is 2. The molecule has 3 aromatic rings. The lowest BCUT2D eigenvalue weighted by Gasteiger charge is -2.37. The molecule has 1 aromatic carbocycles. The van der Waals surface area contributed by atoms with E-state index in [0.29, 0.717) is 11.6 Å². The van der Waals surface area contributed by atoms with E-state index in [1.807, 2.05) is 6.92 Å². The molecule has 38 heavy (non-hydrogen) atoms. The monoisotopic (exact) mass is 536 g/mol. The fourth-order valence-electron chi connectivity index (χ4n) is 4.62. The molecular formula is C25H25FN8O3S. The third-order valence-electron chi connectivity index (χ3n) is 6.82. The van der Waals surface area contributed by atoms with Crippen LogP contribution in [-0.4, -0.2) is 62.9 Å². The summed E-state index contributed by atoms with van der Waals surface area (Å²) in [5.74, 6) is 5.26. The molecule has 4 heterocycles. The smallest absolute Gasteiger partial charge is 0.263 e. The number of amides is 1. The van der Waals surface area contributed by atoms with Crippen molar-refractivity contribution in [1.29, 1.82) is 0 Å². The topological polar surface area (TPSA) is 118 Å². The number of hydrogen-bond acceptors (Lipinski definition) is 7. The number of carbonyl (C=O) groups excluding carboxylic acids is 1. The number of nitrogens with one attached hydrogen (secondary N) is 1. The summed E-state index contributed by atoms with van der Waals surface area (Å²) in [6, 6.07) is 4.00. The number of aromatic nitrogens is 4. The van der Waals surface area contributed by atoms with E-state index in [1.54, 1.807) is 42.1 Å². The van der Waals surface area contributed by atoms with Crippen LogP contribution in [-0.2, 0) is 30.7 Å². The van der Waals surface area contributed by atoms with E-state index in [4.69, 9.17) is 0 Å². The Kier molecular flexibility index (Phi) is 5.44. The van der Waals surface area contributed by atoms with Gasteiger partial charge in [0.05, 0.1) is 41.0 Å². The second-order valence-corrected chi connectivity index (χ2v) is 11.7. The standard InChI is InChI=1S/C25H25FN8O3S/c1-25(8-9-25)30-38(36,37)19-6-7-21-20(10-19)23(35)33(14-16-11-28-31(2)13-16)24-27-12-18(34(21)24)5-4-17-15-32(3)29-22(17)26/h6-7,10-11,13,15,18,30H,8-9,12,14H2,1-3H3/t18-/m1/s1. The predicted molar refractivity (Wildman–Crippen MR) is 136 cm³/mol. The molecule has 1 N–H and O–H groups in total. The Hall–Kier alpha value is -4.02. The number of carbonyl (C=O) groups is 1. The van der Waals surface area contributed by atoms with Crippen molar-refractivity contribution in [2.45, 2.75) is 42.8 Å². The fourth-order valence-corrected chi connectivity index (χ4v) is 6.12. The summed E-state index contributed by atoms with van der Waals surface area (Å²) in [5, 5.41) is 7.87. The fraction of sp³-hybridized carbons (Fsp3) is 0.360. The van der Waals surface area contributed by atoms with Crippen LogP contribution < -0.4 is 9.62 Å². The van der Waals surface area contributed by atoms with Crippen molar-refractivity contribution in [1.82, 2.24) is 29.2 Å². The largest absolute Gasteiger partial charge is 0.295 e. The molecule has 196 valence electrons. The molecule has 1 saturated carbocycles. The van der Waals surface area contributed by atoms with Crippen LogP contribution in [0.1, 0.15) is 41.3 Å². The summed E-state index contributed by atoms with van der Waals surface area (Å²) in [5.41, 5.74) is 1.20. The van der Waals surface area contributed by atoms with Crippen LogP contribution in [0, 0.1) is 17.8 Å². The van der Waals surface area contributed by atoms with Gasteiger partial charge in [-0.05, 0) is 38.0 Å². The summed E-state index contributed by atoms with van der Waals surface area (Å²) < 4.78 is 46.0. The van der Waals surface area contributed by atoms with Crippen LogP contribution in [0.3, 0.4) is 0 Å². The minimum absolute atomic E-state index is 0.0127. The quantitative estimate of drug-likeness (QED) is 0.493. The molecule has 13 heteroatoms. The predicted octanol–water partition coefficient (Wildman–Crippen LogP) is 1.38. The van der Waals surface area contributed by atoms with E-state index in [9.17, 15) is 17.6 Å². The average Bonchev–Trinajstić information content (AvgIpc) is 3.16. The first-order valence-electron chi connectivity index (χ1n) is 12.0. The number of nitrogens with zero attached hydrogens (tertiary/aromatic N) is 7. The van der Waals surface area contributed by atoms with E-state index >= 15 is 0 Å². The van der Waals surface area contributed by atoms with E-state index in [0.717, 1.165) is 18.4 Å². The van der Waals surface area contributed by atoms with Gasteiger partial charge < -0.3 is 0 Å². The van der Waals surface area contributed by atoms with Gasteiger partial charge in [-0.15, -0.1) is 5.10 Å². The molecule has 2 aromatic heterocycles. The number of benzene rings is 1.